The number of pyridine rings is 1. The minimum atomic E-state index is 0.503. The molecule has 1 aromatic rings. The first-order chi connectivity index (χ1) is 6.50. The predicted octanol–water partition coefficient (Wildman–Crippen LogP) is 3.45. The predicted molar refractivity (Wildman–Crippen MR) is 63.8 cm³/mol. The van der Waals surface area contributed by atoms with Crippen molar-refractivity contribution in [3.63, 3.8) is 0 Å². The van der Waals surface area contributed by atoms with Crippen LogP contribution in [0.15, 0.2) is 17.3 Å². The molecule has 4 heteroatoms. The molecule has 0 radical (unpaired) electrons. The van der Waals surface area contributed by atoms with E-state index < -0.39 is 0 Å². The highest BCUT2D eigenvalue weighted by Crippen LogP contribution is 2.32. The van der Waals surface area contributed by atoms with Gasteiger partial charge in [-0.1, -0.05) is 32.4 Å². The zero-order valence-electron chi connectivity index (χ0n) is 8.62. The standard InChI is InChI=1S/C10H15ClN2S/c1-6(2)7(3)14-10-9(11)4-8(12)5-13-10/h4-7H,12H2,1-3H3. The first kappa shape index (κ1) is 11.7. The molecule has 0 saturated carbocycles. The van der Waals surface area contributed by atoms with Crippen LogP contribution < -0.4 is 5.73 Å². The first-order valence-electron chi connectivity index (χ1n) is 4.58. The number of hydrogen-bond acceptors (Lipinski definition) is 3. The molecule has 1 rings (SSSR count). The molecular weight excluding hydrogens is 216 g/mol. The Kier molecular flexibility index (Phi) is 4.08. The van der Waals surface area contributed by atoms with Crippen molar-refractivity contribution in [2.75, 3.05) is 5.73 Å². The maximum absolute atomic E-state index is 6.01. The summed E-state index contributed by atoms with van der Waals surface area (Å²) in [4.78, 5) is 4.21. The highest BCUT2D eigenvalue weighted by atomic mass is 35.5. The second kappa shape index (κ2) is 4.89. The van der Waals surface area contributed by atoms with E-state index in [-0.39, 0.29) is 0 Å². The van der Waals surface area contributed by atoms with E-state index in [1.165, 1.54) is 0 Å². The topological polar surface area (TPSA) is 38.9 Å². The molecule has 78 valence electrons. The number of nitrogens with zero attached hydrogens (tertiary/aromatic N) is 1. The van der Waals surface area contributed by atoms with Crippen LogP contribution in [0.4, 0.5) is 5.69 Å². The first-order valence-corrected chi connectivity index (χ1v) is 5.84. The van der Waals surface area contributed by atoms with Crippen molar-refractivity contribution in [2.24, 2.45) is 5.92 Å². The fourth-order valence-corrected chi connectivity index (χ4v) is 2.06. The quantitative estimate of drug-likeness (QED) is 0.809. The van der Waals surface area contributed by atoms with E-state index in [0.717, 1.165) is 5.03 Å². The van der Waals surface area contributed by atoms with Gasteiger partial charge in [0.2, 0.25) is 0 Å². The monoisotopic (exact) mass is 230 g/mol. The number of anilines is 1. The lowest BCUT2D eigenvalue weighted by Gasteiger charge is -2.14. The van der Waals surface area contributed by atoms with Crippen LogP contribution in [0.2, 0.25) is 5.02 Å². The summed E-state index contributed by atoms with van der Waals surface area (Å²) in [6, 6.07) is 1.74. The summed E-state index contributed by atoms with van der Waals surface area (Å²) in [5.74, 6) is 0.607. The van der Waals surface area contributed by atoms with Crippen LogP contribution in [0.3, 0.4) is 0 Å². The van der Waals surface area contributed by atoms with Crippen LogP contribution in [0.5, 0.6) is 0 Å². The van der Waals surface area contributed by atoms with Crippen LogP contribution in [0, 0.1) is 5.92 Å². The van der Waals surface area contributed by atoms with Crippen molar-refractivity contribution in [3.8, 4) is 0 Å². The number of thioether (sulfide) groups is 1. The van der Waals surface area contributed by atoms with E-state index in [0.29, 0.717) is 21.9 Å². The minimum absolute atomic E-state index is 0.503. The van der Waals surface area contributed by atoms with Crippen molar-refractivity contribution in [2.45, 2.75) is 31.0 Å². The Labute approximate surface area is 94.2 Å². The largest absolute Gasteiger partial charge is 0.397 e. The Hall–Kier alpha value is -0.410. The zero-order chi connectivity index (χ0) is 10.7. The molecule has 0 aliphatic carbocycles. The van der Waals surface area contributed by atoms with E-state index in [4.69, 9.17) is 17.3 Å². The summed E-state index contributed by atoms with van der Waals surface area (Å²) in [6.07, 6.45) is 1.64. The van der Waals surface area contributed by atoms with Crippen molar-refractivity contribution < 1.29 is 0 Å². The fourth-order valence-electron chi connectivity index (χ4n) is 0.839. The van der Waals surface area contributed by atoms with E-state index in [1.807, 2.05) is 0 Å². The summed E-state index contributed by atoms with van der Waals surface area (Å²) < 4.78 is 0. The second-order valence-corrected chi connectivity index (χ2v) is 5.40. The third kappa shape index (κ3) is 3.07. The molecule has 0 aromatic carbocycles. The molecule has 0 fully saturated rings. The molecule has 1 heterocycles. The van der Waals surface area contributed by atoms with Crippen molar-refractivity contribution in [3.05, 3.63) is 17.3 Å². The van der Waals surface area contributed by atoms with E-state index >= 15 is 0 Å². The molecule has 2 nitrogen and oxygen atoms in total. The Morgan fingerprint density at radius 1 is 1.43 bits per heavy atom. The van der Waals surface area contributed by atoms with Gasteiger partial charge < -0.3 is 5.73 Å². The van der Waals surface area contributed by atoms with Crippen molar-refractivity contribution in [1.82, 2.24) is 4.98 Å². The van der Waals surface area contributed by atoms with Crippen LogP contribution in [0.1, 0.15) is 20.8 Å². The molecule has 0 aliphatic rings. The Morgan fingerprint density at radius 3 is 2.57 bits per heavy atom. The summed E-state index contributed by atoms with van der Waals surface area (Å²) in [7, 11) is 0. The summed E-state index contributed by atoms with van der Waals surface area (Å²) in [5, 5.41) is 2.01. The number of halogens is 1. The maximum Gasteiger partial charge on any atom is 0.115 e. The van der Waals surface area contributed by atoms with Gasteiger partial charge in [-0.05, 0) is 12.0 Å². The molecule has 1 atom stereocenters. The van der Waals surface area contributed by atoms with E-state index in [1.54, 1.807) is 24.0 Å². The Morgan fingerprint density at radius 2 is 2.07 bits per heavy atom. The van der Waals surface area contributed by atoms with Crippen LogP contribution >= 0.6 is 23.4 Å². The molecule has 1 unspecified atom stereocenters. The van der Waals surface area contributed by atoms with Gasteiger partial charge in [-0.2, -0.15) is 0 Å². The number of aromatic nitrogens is 1. The molecule has 1 aromatic heterocycles. The number of nitrogen functional groups attached to an aromatic ring is 1. The molecular formula is C10H15ClN2S. The van der Waals surface area contributed by atoms with Crippen LogP contribution in [0.25, 0.3) is 0 Å². The van der Waals surface area contributed by atoms with E-state index in [2.05, 4.69) is 25.8 Å². The van der Waals surface area contributed by atoms with Crippen molar-refractivity contribution >= 4 is 29.1 Å². The average molecular weight is 231 g/mol. The second-order valence-electron chi connectivity index (χ2n) is 3.62. The smallest absolute Gasteiger partial charge is 0.115 e. The molecule has 0 spiro atoms. The normalized spacial score (nSPS) is 13.2. The number of rotatable bonds is 3. The molecule has 0 saturated heterocycles. The summed E-state index contributed by atoms with van der Waals surface area (Å²) >= 11 is 7.70. The summed E-state index contributed by atoms with van der Waals surface area (Å²) in [5.41, 5.74) is 6.17. The highest BCUT2D eigenvalue weighted by Gasteiger charge is 2.12. The lowest BCUT2D eigenvalue weighted by molar-refractivity contribution is 0.641. The van der Waals surface area contributed by atoms with E-state index in [9.17, 15) is 0 Å². The van der Waals surface area contributed by atoms with Gasteiger partial charge >= 0.3 is 0 Å². The van der Waals surface area contributed by atoms with Gasteiger partial charge in [-0.25, -0.2) is 4.98 Å². The Bertz CT molecular complexity index is 315. The third-order valence-corrected chi connectivity index (χ3v) is 3.93. The average Bonchev–Trinajstić information content (AvgIpc) is 2.09. The lowest BCUT2D eigenvalue weighted by Crippen LogP contribution is -2.06. The van der Waals surface area contributed by atoms with Gasteiger partial charge in [0.1, 0.15) is 5.03 Å². The molecule has 0 amide bonds. The fraction of sp³-hybridized carbons (Fsp3) is 0.500. The van der Waals surface area contributed by atoms with Gasteiger partial charge in [-0.15, -0.1) is 11.8 Å². The summed E-state index contributed by atoms with van der Waals surface area (Å²) in [6.45, 7) is 6.54. The lowest BCUT2D eigenvalue weighted by atomic mass is 10.2. The third-order valence-electron chi connectivity index (χ3n) is 2.06. The SMILES string of the molecule is CC(C)C(C)Sc1ncc(N)cc1Cl. The molecule has 2 N–H and O–H groups in total. The zero-order valence-corrected chi connectivity index (χ0v) is 10.2. The van der Waals surface area contributed by atoms with Gasteiger partial charge in [0, 0.05) is 5.25 Å². The number of nitrogens with two attached hydrogens (primary N) is 1. The van der Waals surface area contributed by atoms with Crippen LogP contribution in [-0.2, 0) is 0 Å². The molecule has 0 bridgehead atoms. The van der Waals surface area contributed by atoms with Crippen LogP contribution in [-0.4, -0.2) is 10.2 Å². The highest BCUT2D eigenvalue weighted by molar-refractivity contribution is 7.99. The van der Waals surface area contributed by atoms with Gasteiger partial charge in [-0.3, -0.25) is 0 Å². The van der Waals surface area contributed by atoms with Gasteiger partial charge in [0.15, 0.2) is 0 Å². The molecule has 0 aliphatic heterocycles. The minimum Gasteiger partial charge on any atom is -0.397 e. The maximum atomic E-state index is 6.01. The van der Waals surface area contributed by atoms with Gasteiger partial charge in [0.25, 0.3) is 0 Å². The Balaban J connectivity index is 2.77. The van der Waals surface area contributed by atoms with Gasteiger partial charge in [0.05, 0.1) is 16.9 Å². The number of hydrogen-bond donors (Lipinski definition) is 1. The van der Waals surface area contributed by atoms with Crippen molar-refractivity contribution in [1.29, 1.82) is 0 Å². The molecule has 14 heavy (non-hydrogen) atoms.